The van der Waals surface area contributed by atoms with Gasteiger partial charge in [0.15, 0.2) is 0 Å². The minimum absolute atomic E-state index is 0.00527. The van der Waals surface area contributed by atoms with E-state index in [-0.39, 0.29) is 5.57 Å². The van der Waals surface area contributed by atoms with Gasteiger partial charge in [-0.3, -0.25) is 0 Å². The molecule has 0 saturated carbocycles. The summed E-state index contributed by atoms with van der Waals surface area (Å²) >= 11 is 0. The quantitative estimate of drug-likeness (QED) is 0.804. The van der Waals surface area contributed by atoms with Gasteiger partial charge >= 0.3 is 0 Å². The molecule has 0 amide bonds. The molecule has 0 fully saturated rings. The maximum absolute atomic E-state index is 8.69. The molecule has 0 unspecified atom stereocenters. The smallest absolute Gasteiger partial charge is 0.134 e. The Labute approximate surface area is 104 Å². The third-order valence-corrected chi connectivity index (χ3v) is 2.38. The highest BCUT2D eigenvalue weighted by atomic mass is 15.3. The van der Waals surface area contributed by atoms with Crippen molar-refractivity contribution in [1.29, 1.82) is 10.5 Å². The number of hydrogen-bond donors (Lipinski definition) is 1. The topological polar surface area (TPSA) is 91.4 Å². The molecule has 0 atom stereocenters. The van der Waals surface area contributed by atoms with Crippen molar-refractivity contribution in [1.82, 2.24) is 9.78 Å². The number of hydrogen-bond acceptors (Lipinski definition) is 4. The van der Waals surface area contributed by atoms with E-state index in [2.05, 4.69) is 5.10 Å². The van der Waals surface area contributed by atoms with Gasteiger partial charge in [0.05, 0.1) is 11.9 Å². The summed E-state index contributed by atoms with van der Waals surface area (Å²) in [7, 11) is 0. The van der Waals surface area contributed by atoms with E-state index >= 15 is 0 Å². The molecule has 1 aromatic heterocycles. The molecule has 2 rings (SSSR count). The summed E-state index contributed by atoms with van der Waals surface area (Å²) in [6.45, 7) is 0. The standard InChI is InChI=1S/C13H9N5/c14-7-10(8-15)6-11-9-17-18(13(11)16)12-4-2-1-3-5-12/h1-6,9H,16H2. The second-order valence-corrected chi connectivity index (χ2v) is 3.51. The van der Waals surface area contributed by atoms with Crippen LogP contribution in [0.25, 0.3) is 11.8 Å². The Balaban J connectivity index is 2.46. The predicted octanol–water partition coefficient (Wildman–Crippen LogP) is 1.89. The van der Waals surface area contributed by atoms with Crippen LogP contribution in [0.5, 0.6) is 0 Å². The van der Waals surface area contributed by atoms with Crippen LogP contribution in [-0.2, 0) is 0 Å². The van der Waals surface area contributed by atoms with Gasteiger partial charge in [0, 0.05) is 5.56 Å². The van der Waals surface area contributed by atoms with E-state index in [1.807, 2.05) is 30.3 Å². The fourth-order valence-corrected chi connectivity index (χ4v) is 1.50. The molecule has 18 heavy (non-hydrogen) atoms. The SMILES string of the molecule is N#CC(C#N)=Cc1cnn(-c2ccccc2)c1N. The Morgan fingerprint density at radius 3 is 2.50 bits per heavy atom. The van der Waals surface area contributed by atoms with Crippen molar-refractivity contribution in [3.8, 4) is 17.8 Å². The molecule has 86 valence electrons. The van der Waals surface area contributed by atoms with Crippen LogP contribution in [0.1, 0.15) is 5.56 Å². The molecule has 0 saturated heterocycles. The maximum atomic E-state index is 8.69. The van der Waals surface area contributed by atoms with Gasteiger partial charge in [0.2, 0.25) is 0 Å². The number of para-hydroxylation sites is 1. The molecular formula is C13H9N5. The lowest BCUT2D eigenvalue weighted by Crippen LogP contribution is -2.01. The van der Waals surface area contributed by atoms with E-state index in [4.69, 9.17) is 16.3 Å². The summed E-state index contributed by atoms with van der Waals surface area (Å²) in [6, 6.07) is 13.0. The summed E-state index contributed by atoms with van der Waals surface area (Å²) < 4.78 is 1.55. The highest BCUT2D eigenvalue weighted by molar-refractivity contribution is 5.69. The largest absolute Gasteiger partial charge is 0.383 e. The van der Waals surface area contributed by atoms with E-state index < -0.39 is 0 Å². The van der Waals surface area contributed by atoms with Gasteiger partial charge in [-0.15, -0.1) is 0 Å². The first-order valence-corrected chi connectivity index (χ1v) is 5.17. The summed E-state index contributed by atoms with van der Waals surface area (Å²) in [5.74, 6) is 0.393. The molecular weight excluding hydrogens is 226 g/mol. The molecule has 0 aliphatic carbocycles. The zero-order valence-corrected chi connectivity index (χ0v) is 9.41. The van der Waals surface area contributed by atoms with Gasteiger partial charge in [-0.2, -0.15) is 15.6 Å². The number of anilines is 1. The van der Waals surface area contributed by atoms with Crippen LogP contribution in [0.4, 0.5) is 5.82 Å². The Kier molecular flexibility index (Phi) is 3.08. The van der Waals surface area contributed by atoms with Gasteiger partial charge in [-0.05, 0) is 18.2 Å². The number of benzene rings is 1. The van der Waals surface area contributed by atoms with Crippen molar-refractivity contribution >= 4 is 11.9 Å². The average molecular weight is 235 g/mol. The Hall–Kier alpha value is -3.05. The van der Waals surface area contributed by atoms with Crippen LogP contribution in [0.15, 0.2) is 42.1 Å². The van der Waals surface area contributed by atoms with Crippen LogP contribution in [0, 0.1) is 22.7 Å². The van der Waals surface area contributed by atoms with Gasteiger partial charge in [0.25, 0.3) is 0 Å². The van der Waals surface area contributed by atoms with E-state index in [1.54, 1.807) is 16.8 Å². The monoisotopic (exact) mass is 235 g/mol. The molecule has 5 heteroatoms. The third kappa shape index (κ3) is 2.06. The maximum Gasteiger partial charge on any atom is 0.134 e. The van der Waals surface area contributed by atoms with Crippen molar-refractivity contribution in [3.05, 3.63) is 47.7 Å². The lowest BCUT2D eigenvalue weighted by Gasteiger charge is -2.03. The number of rotatable bonds is 2. The normalized spacial score (nSPS) is 9.22. The Bertz CT molecular complexity index is 652. The van der Waals surface area contributed by atoms with Crippen molar-refractivity contribution in [2.75, 3.05) is 5.73 Å². The molecule has 1 heterocycles. The molecule has 5 nitrogen and oxygen atoms in total. The zero-order valence-electron chi connectivity index (χ0n) is 9.41. The molecule has 1 aromatic carbocycles. The van der Waals surface area contributed by atoms with Crippen LogP contribution < -0.4 is 5.73 Å². The highest BCUT2D eigenvalue weighted by Crippen LogP contribution is 2.19. The fraction of sp³-hybridized carbons (Fsp3) is 0. The first-order chi connectivity index (χ1) is 8.76. The van der Waals surface area contributed by atoms with E-state index in [0.717, 1.165) is 5.69 Å². The molecule has 0 aliphatic heterocycles. The van der Waals surface area contributed by atoms with Gasteiger partial charge in [-0.1, -0.05) is 18.2 Å². The number of nitriles is 2. The van der Waals surface area contributed by atoms with Crippen molar-refractivity contribution in [2.45, 2.75) is 0 Å². The van der Waals surface area contributed by atoms with Crippen molar-refractivity contribution in [3.63, 3.8) is 0 Å². The molecule has 0 radical (unpaired) electrons. The number of nitrogens with zero attached hydrogens (tertiary/aromatic N) is 4. The van der Waals surface area contributed by atoms with Gasteiger partial charge in [-0.25, -0.2) is 4.68 Å². The zero-order chi connectivity index (χ0) is 13.0. The highest BCUT2D eigenvalue weighted by Gasteiger charge is 2.07. The minimum Gasteiger partial charge on any atom is -0.383 e. The van der Waals surface area contributed by atoms with Gasteiger partial charge < -0.3 is 5.73 Å². The molecule has 2 aromatic rings. The third-order valence-electron chi connectivity index (χ3n) is 2.38. The second-order valence-electron chi connectivity index (χ2n) is 3.51. The summed E-state index contributed by atoms with van der Waals surface area (Å²) in [5.41, 5.74) is 7.30. The Morgan fingerprint density at radius 2 is 1.89 bits per heavy atom. The first-order valence-electron chi connectivity index (χ1n) is 5.17. The van der Waals surface area contributed by atoms with E-state index in [1.165, 1.54) is 12.3 Å². The van der Waals surface area contributed by atoms with E-state index in [9.17, 15) is 0 Å². The number of nitrogens with two attached hydrogens (primary N) is 1. The van der Waals surface area contributed by atoms with Crippen molar-refractivity contribution < 1.29 is 0 Å². The fourth-order valence-electron chi connectivity index (χ4n) is 1.50. The van der Waals surface area contributed by atoms with Crippen LogP contribution in [-0.4, -0.2) is 9.78 Å². The Morgan fingerprint density at radius 1 is 1.22 bits per heavy atom. The summed E-state index contributed by atoms with van der Waals surface area (Å²) in [5, 5.41) is 21.5. The van der Waals surface area contributed by atoms with E-state index in [0.29, 0.717) is 11.4 Å². The number of aromatic nitrogens is 2. The summed E-state index contributed by atoms with van der Waals surface area (Å²) in [6.07, 6.45) is 2.94. The minimum atomic E-state index is -0.00527. The molecule has 0 spiro atoms. The van der Waals surface area contributed by atoms with Gasteiger partial charge in [0.1, 0.15) is 23.5 Å². The van der Waals surface area contributed by atoms with Crippen molar-refractivity contribution in [2.24, 2.45) is 0 Å². The van der Waals surface area contributed by atoms with Crippen LogP contribution in [0.3, 0.4) is 0 Å². The second kappa shape index (κ2) is 4.86. The summed E-state index contributed by atoms with van der Waals surface area (Å²) in [4.78, 5) is 0. The molecule has 0 aliphatic rings. The first kappa shape index (κ1) is 11.4. The lowest BCUT2D eigenvalue weighted by atomic mass is 10.2. The number of allylic oxidation sites excluding steroid dienone is 1. The number of nitrogen functional groups attached to an aromatic ring is 1. The predicted molar refractivity (Wildman–Crippen MR) is 67.2 cm³/mol. The molecule has 2 N–H and O–H groups in total. The lowest BCUT2D eigenvalue weighted by molar-refractivity contribution is 0.891. The van der Waals surface area contributed by atoms with Crippen LogP contribution >= 0.6 is 0 Å². The average Bonchev–Trinajstić information content (AvgIpc) is 2.78. The van der Waals surface area contributed by atoms with Crippen LogP contribution in [0.2, 0.25) is 0 Å². The molecule has 0 bridgehead atoms.